The van der Waals surface area contributed by atoms with Crippen LogP contribution < -0.4 is 0 Å². The van der Waals surface area contributed by atoms with Crippen LogP contribution in [0.3, 0.4) is 0 Å². The molecule has 0 radical (unpaired) electrons. The molecule has 0 fully saturated rings. The predicted molar refractivity (Wildman–Crippen MR) is 110 cm³/mol. The summed E-state index contributed by atoms with van der Waals surface area (Å²) in [7, 11) is -3.35. The highest BCUT2D eigenvalue weighted by molar-refractivity contribution is 7.53. The van der Waals surface area contributed by atoms with Crippen molar-refractivity contribution in [3.63, 3.8) is 0 Å². The summed E-state index contributed by atoms with van der Waals surface area (Å²) < 4.78 is 16.7. The summed E-state index contributed by atoms with van der Waals surface area (Å²) in [4.78, 5) is 9.55. The van der Waals surface area contributed by atoms with Crippen molar-refractivity contribution < 1.29 is 14.0 Å². The number of hydrogen-bond acceptors (Lipinski definition) is 2. The van der Waals surface area contributed by atoms with Crippen LogP contribution in [0.25, 0.3) is 0 Å². The number of unbranched alkanes of at least 4 members (excludes halogenated alkanes) is 15. The second-order valence-electron chi connectivity index (χ2n) is 7.79. The molecule has 1 N–H and O–H groups in total. The summed E-state index contributed by atoms with van der Waals surface area (Å²) in [5, 5.41) is 0. The fourth-order valence-electron chi connectivity index (χ4n) is 2.99. The summed E-state index contributed by atoms with van der Waals surface area (Å²) in [5.74, 6) is 0. The Bertz CT molecular complexity index is 318. The Morgan fingerprint density at radius 2 is 1.00 bits per heavy atom. The van der Waals surface area contributed by atoms with E-state index < -0.39 is 7.60 Å². The van der Waals surface area contributed by atoms with Gasteiger partial charge in [-0.05, 0) is 6.42 Å². The zero-order chi connectivity index (χ0) is 18.8. The van der Waals surface area contributed by atoms with E-state index in [1.165, 1.54) is 89.9 Å². The molecule has 0 aromatic rings. The van der Waals surface area contributed by atoms with E-state index in [1.54, 1.807) is 13.8 Å². The first kappa shape index (κ1) is 25.1. The van der Waals surface area contributed by atoms with Crippen molar-refractivity contribution >= 4 is 7.60 Å². The molecule has 3 nitrogen and oxygen atoms in total. The Morgan fingerprint density at radius 1 is 0.680 bits per heavy atom. The van der Waals surface area contributed by atoms with E-state index in [4.69, 9.17) is 4.52 Å². The number of hydrogen-bond donors (Lipinski definition) is 1. The molecule has 0 saturated carbocycles. The molecule has 1 unspecified atom stereocenters. The Morgan fingerprint density at radius 3 is 1.32 bits per heavy atom. The van der Waals surface area contributed by atoms with E-state index in [0.29, 0.717) is 6.61 Å². The lowest BCUT2D eigenvalue weighted by molar-refractivity contribution is 0.247. The molecular weight excluding hydrogens is 331 g/mol. The Labute approximate surface area is 157 Å². The van der Waals surface area contributed by atoms with Gasteiger partial charge in [0.1, 0.15) is 0 Å². The van der Waals surface area contributed by atoms with Gasteiger partial charge in [0, 0.05) is 0 Å². The van der Waals surface area contributed by atoms with Crippen LogP contribution in [0, 0.1) is 0 Å². The van der Waals surface area contributed by atoms with E-state index in [9.17, 15) is 9.46 Å². The monoisotopic (exact) mass is 376 g/mol. The Balaban J connectivity index is 3.13. The molecule has 0 bridgehead atoms. The van der Waals surface area contributed by atoms with Crippen LogP contribution in [0.5, 0.6) is 0 Å². The smallest absolute Gasteiger partial charge is 0.324 e. The molecule has 1 atom stereocenters. The standard InChI is InChI=1S/C21H45O3P/c1-4-5-6-7-8-9-10-11-12-13-14-15-16-17-18-19-20-24-25(22,23)21(2)3/h21H,4-20H2,1-3H3,(H,22,23). The largest absolute Gasteiger partial charge is 0.330 e. The van der Waals surface area contributed by atoms with Gasteiger partial charge in [-0.25, -0.2) is 0 Å². The molecule has 25 heavy (non-hydrogen) atoms. The highest BCUT2D eigenvalue weighted by Crippen LogP contribution is 2.47. The van der Waals surface area contributed by atoms with Crippen LogP contribution in [-0.4, -0.2) is 17.2 Å². The van der Waals surface area contributed by atoms with Gasteiger partial charge in [-0.3, -0.25) is 4.57 Å². The fourth-order valence-corrected chi connectivity index (χ4v) is 3.68. The van der Waals surface area contributed by atoms with Gasteiger partial charge in [0.05, 0.1) is 12.3 Å². The van der Waals surface area contributed by atoms with Crippen molar-refractivity contribution in [2.75, 3.05) is 6.61 Å². The number of rotatable bonds is 19. The van der Waals surface area contributed by atoms with Gasteiger partial charge >= 0.3 is 7.60 Å². The first-order chi connectivity index (χ1) is 12.0. The zero-order valence-electron chi connectivity index (χ0n) is 17.3. The van der Waals surface area contributed by atoms with Crippen LogP contribution in [0.15, 0.2) is 0 Å². The Kier molecular flexibility index (Phi) is 17.7. The van der Waals surface area contributed by atoms with E-state index in [1.807, 2.05) is 0 Å². The van der Waals surface area contributed by atoms with E-state index in [0.717, 1.165) is 12.8 Å². The fraction of sp³-hybridized carbons (Fsp3) is 1.00. The highest BCUT2D eigenvalue weighted by atomic mass is 31.2. The lowest BCUT2D eigenvalue weighted by Gasteiger charge is -2.15. The maximum atomic E-state index is 11.6. The van der Waals surface area contributed by atoms with Crippen molar-refractivity contribution in [1.29, 1.82) is 0 Å². The third kappa shape index (κ3) is 17.3. The SMILES string of the molecule is CCCCCCCCCCCCCCCCCCOP(=O)(O)C(C)C. The molecule has 0 spiro atoms. The topological polar surface area (TPSA) is 46.5 Å². The van der Waals surface area contributed by atoms with Gasteiger partial charge in [-0.15, -0.1) is 0 Å². The van der Waals surface area contributed by atoms with Crippen LogP contribution in [0.2, 0.25) is 0 Å². The average molecular weight is 377 g/mol. The summed E-state index contributed by atoms with van der Waals surface area (Å²) in [6.07, 6.45) is 21.4. The minimum atomic E-state index is -3.35. The molecule has 0 aliphatic carbocycles. The van der Waals surface area contributed by atoms with Crippen molar-refractivity contribution in [2.45, 2.75) is 129 Å². The van der Waals surface area contributed by atoms with Gasteiger partial charge in [0.2, 0.25) is 0 Å². The maximum absolute atomic E-state index is 11.6. The summed E-state index contributed by atoms with van der Waals surface area (Å²) in [5.41, 5.74) is -0.298. The molecule has 0 amide bonds. The molecule has 0 saturated heterocycles. The maximum Gasteiger partial charge on any atom is 0.330 e. The molecule has 0 rings (SSSR count). The summed E-state index contributed by atoms with van der Waals surface area (Å²) >= 11 is 0. The van der Waals surface area contributed by atoms with E-state index in [-0.39, 0.29) is 5.66 Å². The van der Waals surface area contributed by atoms with Gasteiger partial charge in [-0.1, -0.05) is 117 Å². The lowest BCUT2D eigenvalue weighted by Crippen LogP contribution is -2.02. The van der Waals surface area contributed by atoms with Crippen molar-refractivity contribution in [3.05, 3.63) is 0 Å². The van der Waals surface area contributed by atoms with Gasteiger partial charge in [-0.2, -0.15) is 0 Å². The highest BCUT2D eigenvalue weighted by Gasteiger charge is 2.23. The normalized spacial score (nSPS) is 14.1. The van der Waals surface area contributed by atoms with Crippen molar-refractivity contribution in [1.82, 2.24) is 0 Å². The third-order valence-electron chi connectivity index (χ3n) is 4.93. The average Bonchev–Trinajstić information content (AvgIpc) is 2.57. The van der Waals surface area contributed by atoms with Gasteiger partial charge in [0.25, 0.3) is 0 Å². The quantitative estimate of drug-likeness (QED) is 0.184. The van der Waals surface area contributed by atoms with Crippen LogP contribution in [0.4, 0.5) is 0 Å². The van der Waals surface area contributed by atoms with Crippen molar-refractivity contribution in [2.24, 2.45) is 0 Å². The molecule has 4 heteroatoms. The molecule has 0 aliphatic heterocycles. The van der Waals surface area contributed by atoms with Gasteiger partial charge in [0.15, 0.2) is 0 Å². The molecule has 0 aromatic heterocycles. The first-order valence-corrected chi connectivity index (χ1v) is 12.6. The van der Waals surface area contributed by atoms with Crippen LogP contribution >= 0.6 is 7.60 Å². The molecule has 0 heterocycles. The molecule has 0 aliphatic rings. The second kappa shape index (κ2) is 17.6. The van der Waals surface area contributed by atoms with E-state index >= 15 is 0 Å². The summed E-state index contributed by atoms with van der Waals surface area (Å²) in [6.45, 7) is 6.16. The van der Waals surface area contributed by atoms with Crippen LogP contribution in [0.1, 0.15) is 124 Å². The minimum Gasteiger partial charge on any atom is -0.324 e. The predicted octanol–water partition coefficient (Wildman–Crippen LogP) is 7.86. The minimum absolute atomic E-state index is 0.298. The zero-order valence-corrected chi connectivity index (χ0v) is 18.2. The first-order valence-electron chi connectivity index (χ1n) is 11.0. The second-order valence-corrected chi connectivity index (χ2v) is 10.2. The summed E-state index contributed by atoms with van der Waals surface area (Å²) in [6, 6.07) is 0. The molecule has 0 aromatic carbocycles. The molecule has 152 valence electrons. The lowest BCUT2D eigenvalue weighted by atomic mass is 10.0. The third-order valence-corrected chi connectivity index (χ3v) is 6.78. The molecular formula is C21H45O3P. The van der Waals surface area contributed by atoms with E-state index in [2.05, 4.69) is 6.92 Å². The van der Waals surface area contributed by atoms with Crippen LogP contribution in [-0.2, 0) is 9.09 Å². The Hall–Kier alpha value is 0.150. The van der Waals surface area contributed by atoms with Gasteiger partial charge < -0.3 is 9.42 Å². The van der Waals surface area contributed by atoms with Crippen molar-refractivity contribution in [3.8, 4) is 0 Å².